The van der Waals surface area contributed by atoms with Gasteiger partial charge in [0.1, 0.15) is 0 Å². The third kappa shape index (κ3) is 5.52. The van der Waals surface area contributed by atoms with E-state index in [9.17, 15) is 0 Å². The van der Waals surface area contributed by atoms with Gasteiger partial charge in [-0.05, 0) is 25.3 Å². The first kappa shape index (κ1) is 17.8. The summed E-state index contributed by atoms with van der Waals surface area (Å²) in [6.07, 6.45) is 2.44. The summed E-state index contributed by atoms with van der Waals surface area (Å²) in [6.45, 7) is 4.42. The number of ether oxygens (including phenoxy) is 2. The van der Waals surface area contributed by atoms with Crippen molar-refractivity contribution in [1.29, 1.82) is 0 Å². The number of aliphatic imine (C=N–C) groups is 1. The van der Waals surface area contributed by atoms with E-state index in [2.05, 4.69) is 46.8 Å². The van der Waals surface area contributed by atoms with Crippen LogP contribution < -0.4 is 10.6 Å². The summed E-state index contributed by atoms with van der Waals surface area (Å²) >= 11 is 0. The lowest BCUT2D eigenvalue weighted by Crippen LogP contribution is -2.46. The molecule has 0 spiro atoms. The van der Waals surface area contributed by atoms with Gasteiger partial charge in [-0.2, -0.15) is 0 Å². The molecule has 1 aromatic rings. The van der Waals surface area contributed by atoms with E-state index in [-0.39, 0.29) is 12.1 Å². The second-order valence-electron chi connectivity index (χ2n) is 6.06. The van der Waals surface area contributed by atoms with Gasteiger partial charge >= 0.3 is 0 Å². The second-order valence-corrected chi connectivity index (χ2v) is 6.06. The Bertz CT molecular complexity index is 478. The van der Waals surface area contributed by atoms with Crippen LogP contribution in [0.5, 0.6) is 0 Å². The summed E-state index contributed by atoms with van der Waals surface area (Å²) in [5, 5.41) is 6.77. The molecule has 5 heteroatoms. The SMILES string of the molecule is CN=C(NCC1CCCOC1c1ccccc1)NC(C)COC. The van der Waals surface area contributed by atoms with Crippen molar-refractivity contribution in [1.82, 2.24) is 10.6 Å². The number of hydrogen-bond acceptors (Lipinski definition) is 3. The van der Waals surface area contributed by atoms with Gasteiger partial charge in [0.25, 0.3) is 0 Å². The van der Waals surface area contributed by atoms with Crippen molar-refractivity contribution in [2.75, 3.05) is 33.9 Å². The van der Waals surface area contributed by atoms with Crippen LogP contribution >= 0.6 is 0 Å². The molecule has 0 aliphatic carbocycles. The molecule has 1 fully saturated rings. The fourth-order valence-corrected chi connectivity index (χ4v) is 3.01. The first-order valence-corrected chi connectivity index (χ1v) is 8.37. The van der Waals surface area contributed by atoms with E-state index in [0.29, 0.717) is 12.5 Å². The first-order chi connectivity index (χ1) is 11.2. The molecule has 1 heterocycles. The predicted molar refractivity (Wildman–Crippen MR) is 93.7 cm³/mol. The van der Waals surface area contributed by atoms with E-state index in [1.54, 1.807) is 14.2 Å². The average Bonchev–Trinajstić information content (AvgIpc) is 2.60. The average molecular weight is 319 g/mol. The highest BCUT2D eigenvalue weighted by atomic mass is 16.5. The molecule has 1 saturated heterocycles. The molecule has 3 unspecified atom stereocenters. The molecule has 0 aromatic heterocycles. The van der Waals surface area contributed by atoms with E-state index in [1.165, 1.54) is 5.56 Å². The van der Waals surface area contributed by atoms with Crippen LogP contribution in [-0.2, 0) is 9.47 Å². The Balaban J connectivity index is 1.91. The molecule has 1 aliphatic heterocycles. The number of nitrogens with zero attached hydrogens (tertiary/aromatic N) is 1. The minimum Gasteiger partial charge on any atom is -0.383 e. The smallest absolute Gasteiger partial charge is 0.191 e. The fourth-order valence-electron chi connectivity index (χ4n) is 3.01. The Kier molecular flexibility index (Phi) is 7.36. The van der Waals surface area contributed by atoms with Gasteiger partial charge in [0.05, 0.1) is 12.7 Å². The summed E-state index contributed by atoms with van der Waals surface area (Å²) in [6, 6.07) is 10.7. The Morgan fingerprint density at radius 2 is 2.17 bits per heavy atom. The summed E-state index contributed by atoms with van der Waals surface area (Å²) in [7, 11) is 3.50. The third-order valence-electron chi connectivity index (χ3n) is 4.13. The van der Waals surface area contributed by atoms with Crippen LogP contribution in [0.1, 0.15) is 31.4 Å². The van der Waals surface area contributed by atoms with Gasteiger partial charge in [-0.25, -0.2) is 0 Å². The van der Waals surface area contributed by atoms with Gasteiger partial charge in [0, 0.05) is 39.3 Å². The van der Waals surface area contributed by atoms with Crippen LogP contribution in [-0.4, -0.2) is 45.9 Å². The van der Waals surface area contributed by atoms with E-state index in [4.69, 9.17) is 9.47 Å². The highest BCUT2D eigenvalue weighted by molar-refractivity contribution is 5.79. The van der Waals surface area contributed by atoms with Crippen molar-refractivity contribution in [2.45, 2.75) is 31.9 Å². The van der Waals surface area contributed by atoms with Gasteiger partial charge in [-0.15, -0.1) is 0 Å². The van der Waals surface area contributed by atoms with Crippen LogP contribution in [0.3, 0.4) is 0 Å². The highest BCUT2D eigenvalue weighted by Gasteiger charge is 2.27. The quantitative estimate of drug-likeness (QED) is 0.624. The minimum atomic E-state index is 0.159. The van der Waals surface area contributed by atoms with Crippen molar-refractivity contribution >= 4 is 5.96 Å². The van der Waals surface area contributed by atoms with Gasteiger partial charge in [0.15, 0.2) is 5.96 Å². The molecule has 1 aromatic carbocycles. The minimum absolute atomic E-state index is 0.159. The molecular weight excluding hydrogens is 290 g/mol. The summed E-state index contributed by atoms with van der Waals surface area (Å²) in [5.74, 6) is 1.26. The molecule has 128 valence electrons. The maximum absolute atomic E-state index is 6.04. The van der Waals surface area contributed by atoms with Crippen molar-refractivity contribution in [2.24, 2.45) is 10.9 Å². The molecule has 0 amide bonds. The van der Waals surface area contributed by atoms with Crippen LogP contribution in [0.25, 0.3) is 0 Å². The van der Waals surface area contributed by atoms with Crippen molar-refractivity contribution in [3.8, 4) is 0 Å². The zero-order valence-electron chi connectivity index (χ0n) is 14.4. The number of guanidine groups is 1. The first-order valence-electron chi connectivity index (χ1n) is 8.37. The predicted octanol–water partition coefficient (Wildman–Crippen LogP) is 2.35. The molecular formula is C18H29N3O2. The summed E-state index contributed by atoms with van der Waals surface area (Å²) in [5.41, 5.74) is 1.26. The molecule has 0 radical (unpaired) electrons. The van der Waals surface area contributed by atoms with Gasteiger partial charge in [-0.3, -0.25) is 4.99 Å². The van der Waals surface area contributed by atoms with E-state index < -0.39 is 0 Å². The second kappa shape index (κ2) is 9.53. The van der Waals surface area contributed by atoms with Crippen molar-refractivity contribution in [3.63, 3.8) is 0 Å². The monoisotopic (exact) mass is 319 g/mol. The third-order valence-corrected chi connectivity index (χ3v) is 4.13. The Morgan fingerprint density at radius 3 is 2.87 bits per heavy atom. The molecule has 0 bridgehead atoms. The molecule has 23 heavy (non-hydrogen) atoms. The number of hydrogen-bond donors (Lipinski definition) is 2. The molecule has 1 aliphatic rings. The van der Waals surface area contributed by atoms with Gasteiger partial charge in [0.2, 0.25) is 0 Å². The van der Waals surface area contributed by atoms with Crippen molar-refractivity contribution in [3.05, 3.63) is 35.9 Å². The van der Waals surface area contributed by atoms with E-state index >= 15 is 0 Å². The fraction of sp³-hybridized carbons (Fsp3) is 0.611. The number of rotatable bonds is 6. The van der Waals surface area contributed by atoms with Crippen LogP contribution in [0, 0.1) is 5.92 Å². The van der Waals surface area contributed by atoms with Gasteiger partial charge < -0.3 is 20.1 Å². The lowest BCUT2D eigenvalue weighted by molar-refractivity contribution is -0.0265. The number of benzene rings is 1. The normalized spacial score (nSPS) is 23.3. The van der Waals surface area contributed by atoms with Crippen LogP contribution in [0.15, 0.2) is 35.3 Å². The van der Waals surface area contributed by atoms with Crippen LogP contribution in [0.2, 0.25) is 0 Å². The zero-order chi connectivity index (χ0) is 16.5. The highest BCUT2D eigenvalue weighted by Crippen LogP contribution is 2.32. The molecule has 5 nitrogen and oxygen atoms in total. The van der Waals surface area contributed by atoms with Crippen molar-refractivity contribution < 1.29 is 9.47 Å². The molecule has 0 saturated carbocycles. The Labute approximate surface area is 139 Å². The largest absolute Gasteiger partial charge is 0.383 e. The molecule has 3 atom stereocenters. The summed E-state index contributed by atoms with van der Waals surface area (Å²) < 4.78 is 11.2. The Hall–Kier alpha value is -1.59. The number of nitrogens with one attached hydrogen (secondary N) is 2. The molecule has 2 rings (SSSR count). The maximum Gasteiger partial charge on any atom is 0.191 e. The van der Waals surface area contributed by atoms with Gasteiger partial charge in [-0.1, -0.05) is 30.3 Å². The van der Waals surface area contributed by atoms with Crippen LogP contribution in [0.4, 0.5) is 0 Å². The lowest BCUT2D eigenvalue weighted by Gasteiger charge is -2.32. The summed E-state index contributed by atoms with van der Waals surface area (Å²) in [4.78, 5) is 4.29. The number of methoxy groups -OCH3 is 1. The molecule has 2 N–H and O–H groups in total. The lowest BCUT2D eigenvalue weighted by atomic mass is 9.89. The van der Waals surface area contributed by atoms with E-state index in [0.717, 1.165) is 32.0 Å². The maximum atomic E-state index is 6.04. The topological polar surface area (TPSA) is 54.9 Å². The van der Waals surface area contributed by atoms with E-state index in [1.807, 2.05) is 6.07 Å². The zero-order valence-corrected chi connectivity index (χ0v) is 14.4. The Morgan fingerprint density at radius 1 is 1.39 bits per heavy atom. The standard InChI is InChI=1S/C18H29N3O2/c1-14(13-22-3)21-18(19-2)20-12-16-10-7-11-23-17(16)15-8-5-4-6-9-15/h4-6,8-9,14,16-17H,7,10-13H2,1-3H3,(H2,19,20,21).